The van der Waals surface area contributed by atoms with Gasteiger partial charge in [0.1, 0.15) is 12.3 Å². The van der Waals surface area contributed by atoms with E-state index in [1.807, 2.05) is 6.92 Å². The number of aromatic nitrogens is 2. The van der Waals surface area contributed by atoms with Crippen LogP contribution in [0.4, 0.5) is 0 Å². The van der Waals surface area contributed by atoms with Crippen LogP contribution in [-0.4, -0.2) is 44.0 Å². The zero-order chi connectivity index (χ0) is 12.5. The summed E-state index contributed by atoms with van der Waals surface area (Å²) in [5.41, 5.74) is 0.622. The van der Waals surface area contributed by atoms with Gasteiger partial charge in [-0.3, -0.25) is 0 Å². The lowest BCUT2D eigenvalue weighted by Crippen LogP contribution is -2.11. The SMILES string of the molecule is CCOCCOc1nccc(C(OC)OC)n1. The van der Waals surface area contributed by atoms with Crippen LogP contribution < -0.4 is 4.74 Å². The van der Waals surface area contributed by atoms with Gasteiger partial charge < -0.3 is 18.9 Å². The molecule has 1 aromatic rings. The minimum Gasteiger partial charge on any atom is -0.461 e. The molecule has 0 radical (unpaired) electrons. The number of methoxy groups -OCH3 is 2. The fourth-order valence-corrected chi connectivity index (χ4v) is 1.23. The molecule has 1 rings (SSSR count). The van der Waals surface area contributed by atoms with Gasteiger partial charge in [-0.25, -0.2) is 4.98 Å². The van der Waals surface area contributed by atoms with Crippen LogP contribution in [0.5, 0.6) is 6.01 Å². The minimum atomic E-state index is -0.507. The molecule has 0 aliphatic heterocycles. The highest BCUT2D eigenvalue weighted by Gasteiger charge is 2.11. The molecule has 0 aliphatic carbocycles. The maximum Gasteiger partial charge on any atom is 0.316 e. The summed E-state index contributed by atoms with van der Waals surface area (Å²) in [5.74, 6) is 0. The Hall–Kier alpha value is -1.24. The first-order valence-corrected chi connectivity index (χ1v) is 5.40. The molecule has 0 atom stereocenters. The van der Waals surface area contributed by atoms with Crippen molar-refractivity contribution in [2.24, 2.45) is 0 Å². The molecule has 1 aromatic heterocycles. The van der Waals surface area contributed by atoms with Crippen molar-refractivity contribution >= 4 is 0 Å². The summed E-state index contributed by atoms with van der Waals surface area (Å²) < 4.78 is 20.7. The molecule has 0 spiro atoms. The molecular formula is C11H18N2O4. The van der Waals surface area contributed by atoms with Gasteiger partial charge in [-0.15, -0.1) is 0 Å². The van der Waals surface area contributed by atoms with E-state index in [0.717, 1.165) is 0 Å². The third-order valence-electron chi connectivity index (χ3n) is 1.99. The predicted molar refractivity (Wildman–Crippen MR) is 60.8 cm³/mol. The van der Waals surface area contributed by atoms with Crippen molar-refractivity contribution in [2.45, 2.75) is 13.2 Å². The van der Waals surface area contributed by atoms with E-state index in [-0.39, 0.29) is 0 Å². The number of hydrogen-bond acceptors (Lipinski definition) is 6. The Morgan fingerprint density at radius 2 is 2.00 bits per heavy atom. The molecular weight excluding hydrogens is 224 g/mol. The van der Waals surface area contributed by atoms with Crippen LogP contribution in [0.1, 0.15) is 18.9 Å². The van der Waals surface area contributed by atoms with Crippen LogP contribution in [0.15, 0.2) is 12.3 Å². The maximum absolute atomic E-state index is 5.33. The van der Waals surface area contributed by atoms with Crippen molar-refractivity contribution in [3.63, 3.8) is 0 Å². The molecule has 96 valence electrons. The van der Waals surface area contributed by atoms with Gasteiger partial charge in [-0.1, -0.05) is 0 Å². The van der Waals surface area contributed by atoms with E-state index < -0.39 is 6.29 Å². The highest BCUT2D eigenvalue weighted by atomic mass is 16.7. The second kappa shape index (κ2) is 7.94. The second-order valence-corrected chi connectivity index (χ2v) is 3.11. The van der Waals surface area contributed by atoms with Crippen LogP contribution >= 0.6 is 0 Å². The Kier molecular flexibility index (Phi) is 6.46. The van der Waals surface area contributed by atoms with Gasteiger partial charge in [-0.05, 0) is 13.0 Å². The van der Waals surface area contributed by atoms with Gasteiger partial charge in [-0.2, -0.15) is 4.98 Å². The largest absolute Gasteiger partial charge is 0.461 e. The Labute approximate surface area is 101 Å². The number of rotatable bonds is 8. The molecule has 0 aromatic carbocycles. The third kappa shape index (κ3) is 4.64. The van der Waals surface area contributed by atoms with Crippen molar-refractivity contribution in [3.8, 4) is 6.01 Å². The zero-order valence-corrected chi connectivity index (χ0v) is 10.4. The maximum atomic E-state index is 5.33. The molecule has 0 fully saturated rings. The van der Waals surface area contributed by atoms with Crippen LogP contribution in [0.25, 0.3) is 0 Å². The lowest BCUT2D eigenvalue weighted by atomic mass is 10.4. The molecule has 0 aliphatic rings. The van der Waals surface area contributed by atoms with Crippen molar-refractivity contribution in [1.82, 2.24) is 9.97 Å². The fourth-order valence-electron chi connectivity index (χ4n) is 1.23. The average molecular weight is 242 g/mol. The molecule has 0 bridgehead atoms. The predicted octanol–water partition coefficient (Wildman–Crippen LogP) is 1.18. The first kappa shape index (κ1) is 13.8. The summed E-state index contributed by atoms with van der Waals surface area (Å²) >= 11 is 0. The zero-order valence-electron chi connectivity index (χ0n) is 10.4. The van der Waals surface area contributed by atoms with E-state index in [0.29, 0.717) is 31.5 Å². The molecule has 6 heteroatoms. The topological polar surface area (TPSA) is 62.7 Å². The quantitative estimate of drug-likeness (QED) is 0.504. The highest BCUT2D eigenvalue weighted by Crippen LogP contribution is 2.15. The smallest absolute Gasteiger partial charge is 0.316 e. The van der Waals surface area contributed by atoms with E-state index in [1.165, 1.54) is 0 Å². The standard InChI is InChI=1S/C11H18N2O4/c1-4-16-7-8-17-11-12-6-5-9(13-11)10(14-2)15-3/h5-6,10H,4,7-8H2,1-3H3. The van der Waals surface area contributed by atoms with Crippen molar-refractivity contribution in [1.29, 1.82) is 0 Å². The van der Waals surface area contributed by atoms with Crippen LogP contribution in [0.3, 0.4) is 0 Å². The lowest BCUT2D eigenvalue weighted by Gasteiger charge is -2.13. The Bertz CT molecular complexity index is 318. The van der Waals surface area contributed by atoms with Gasteiger partial charge in [0, 0.05) is 27.0 Å². The van der Waals surface area contributed by atoms with Crippen LogP contribution in [0, 0.1) is 0 Å². The Morgan fingerprint density at radius 1 is 1.24 bits per heavy atom. The summed E-state index contributed by atoms with van der Waals surface area (Å²) in [7, 11) is 3.10. The summed E-state index contributed by atoms with van der Waals surface area (Å²) in [5, 5.41) is 0. The van der Waals surface area contributed by atoms with E-state index in [1.54, 1.807) is 26.5 Å². The van der Waals surface area contributed by atoms with E-state index in [9.17, 15) is 0 Å². The molecule has 0 N–H and O–H groups in total. The monoisotopic (exact) mass is 242 g/mol. The number of hydrogen-bond donors (Lipinski definition) is 0. The third-order valence-corrected chi connectivity index (χ3v) is 1.99. The Balaban J connectivity index is 2.53. The van der Waals surface area contributed by atoms with Crippen molar-refractivity contribution < 1.29 is 18.9 Å². The van der Waals surface area contributed by atoms with E-state index in [4.69, 9.17) is 18.9 Å². The number of nitrogens with zero attached hydrogens (tertiary/aromatic N) is 2. The molecule has 0 saturated heterocycles. The van der Waals surface area contributed by atoms with E-state index in [2.05, 4.69) is 9.97 Å². The second-order valence-electron chi connectivity index (χ2n) is 3.11. The van der Waals surface area contributed by atoms with Gasteiger partial charge in [0.2, 0.25) is 6.29 Å². The normalized spacial score (nSPS) is 10.8. The Morgan fingerprint density at radius 3 is 2.65 bits per heavy atom. The van der Waals surface area contributed by atoms with Gasteiger partial charge >= 0.3 is 6.01 Å². The summed E-state index contributed by atoms with van der Waals surface area (Å²) in [6.07, 6.45) is 1.09. The molecule has 17 heavy (non-hydrogen) atoms. The molecule has 0 unspecified atom stereocenters. The fraction of sp³-hybridized carbons (Fsp3) is 0.636. The number of ether oxygens (including phenoxy) is 4. The average Bonchev–Trinajstić information content (AvgIpc) is 2.37. The summed E-state index contributed by atoms with van der Waals surface area (Å²) in [4.78, 5) is 8.16. The summed E-state index contributed by atoms with van der Waals surface area (Å²) in [6, 6.07) is 2.01. The molecule has 1 heterocycles. The molecule has 0 saturated carbocycles. The first-order valence-electron chi connectivity index (χ1n) is 5.40. The first-order chi connectivity index (χ1) is 8.31. The van der Waals surface area contributed by atoms with Crippen molar-refractivity contribution in [3.05, 3.63) is 18.0 Å². The highest BCUT2D eigenvalue weighted by molar-refractivity contribution is 5.06. The van der Waals surface area contributed by atoms with Crippen LogP contribution in [-0.2, 0) is 14.2 Å². The lowest BCUT2D eigenvalue weighted by molar-refractivity contribution is -0.109. The van der Waals surface area contributed by atoms with Crippen LogP contribution in [0.2, 0.25) is 0 Å². The molecule has 6 nitrogen and oxygen atoms in total. The molecule has 0 amide bonds. The summed E-state index contributed by atoms with van der Waals surface area (Å²) in [6.45, 7) is 3.53. The van der Waals surface area contributed by atoms with E-state index >= 15 is 0 Å². The minimum absolute atomic E-state index is 0.293. The van der Waals surface area contributed by atoms with Gasteiger partial charge in [0.25, 0.3) is 0 Å². The van der Waals surface area contributed by atoms with Crippen molar-refractivity contribution in [2.75, 3.05) is 34.0 Å². The van der Waals surface area contributed by atoms with Gasteiger partial charge in [0.05, 0.1) is 6.61 Å². The van der Waals surface area contributed by atoms with Gasteiger partial charge in [0.15, 0.2) is 0 Å².